The van der Waals surface area contributed by atoms with Crippen molar-refractivity contribution >= 4 is 58.2 Å². The number of aromatic amines is 1. The SMILES string of the molecule is CC(C)C[C@H](NC(=O)[C@H](CC(C)C)NC(=O)[C@H](Cc1c[nH]c2ccccc12)NC(=O)[C@H](CCCCN)NC(=O)[C@H](CC(C)C)NC(=O)[C@H](CC(C)C)NC(=O)[C@@H](N)CCCCN)C(=O)N[C@@H](CCCCN)C(=O)O. The first-order valence-corrected chi connectivity index (χ1v) is 26.8. The molecule has 418 valence electrons. The maximum Gasteiger partial charge on any atom is 0.326 e. The van der Waals surface area contributed by atoms with Crippen LogP contribution in [0.1, 0.15) is 144 Å². The summed E-state index contributed by atoms with van der Waals surface area (Å²) < 4.78 is 0. The third-order valence-corrected chi connectivity index (χ3v) is 12.5. The third-order valence-electron chi connectivity index (χ3n) is 12.5. The number of hydrogen-bond acceptors (Lipinski definition) is 12. The molecule has 7 amide bonds. The molecule has 0 bridgehead atoms. The van der Waals surface area contributed by atoms with Gasteiger partial charge in [-0.3, -0.25) is 33.6 Å². The molecule has 21 heteroatoms. The van der Waals surface area contributed by atoms with Gasteiger partial charge < -0.3 is 70.2 Å². The van der Waals surface area contributed by atoms with Gasteiger partial charge in [-0.2, -0.15) is 0 Å². The molecule has 0 saturated heterocycles. The smallest absolute Gasteiger partial charge is 0.326 e. The summed E-state index contributed by atoms with van der Waals surface area (Å²) in [5.74, 6) is -6.04. The molecule has 0 radical (unpaired) electrons. The Labute approximate surface area is 438 Å². The first-order chi connectivity index (χ1) is 35.0. The Bertz CT molecular complexity index is 2080. The van der Waals surface area contributed by atoms with Gasteiger partial charge in [0.1, 0.15) is 42.3 Å². The Kier molecular flexibility index (Phi) is 29.7. The Hall–Kier alpha value is -5.64. The zero-order valence-electron chi connectivity index (χ0n) is 45.4. The standard InChI is InChI=1S/C53H92N12O9/c1-31(2)25-41(61-46(66)37(57)18-11-14-22-54)50(70)62-42(26-32(3)4)48(68)59-39(20-12-15-23-55)47(67)65-45(29-35-30-58-38-19-10-9-17-36(35)38)52(72)64-44(28-34(7)8)51(71)63-43(27-33(5)6)49(69)60-40(53(73)74)21-13-16-24-56/h9-10,17,19,30-34,37,39-45,58H,11-16,18,20-29,54-57H2,1-8H3,(H,59,68)(H,60,69)(H,61,66)(H,62,70)(H,63,71)(H,64,72)(H,65,67)(H,73,74)/t37-,39-,40-,41-,42-,43-,44-,45-/m0/s1. The quantitative estimate of drug-likeness (QED) is 0.0432. The van der Waals surface area contributed by atoms with E-state index in [0.29, 0.717) is 70.1 Å². The Morgan fingerprint density at radius 1 is 0.459 bits per heavy atom. The van der Waals surface area contributed by atoms with E-state index >= 15 is 0 Å². The molecule has 8 atom stereocenters. The van der Waals surface area contributed by atoms with Gasteiger partial charge in [0.2, 0.25) is 41.4 Å². The van der Waals surface area contributed by atoms with E-state index in [1.807, 2.05) is 79.7 Å². The van der Waals surface area contributed by atoms with E-state index in [9.17, 15) is 43.5 Å². The number of nitrogens with one attached hydrogen (secondary N) is 8. The number of para-hydroxylation sites is 1. The molecule has 0 saturated carbocycles. The van der Waals surface area contributed by atoms with Gasteiger partial charge in [0.15, 0.2) is 0 Å². The number of H-pyrrole nitrogens is 1. The van der Waals surface area contributed by atoms with Crippen LogP contribution in [0.15, 0.2) is 30.5 Å². The normalized spacial score (nSPS) is 14.9. The minimum atomic E-state index is -1.30. The van der Waals surface area contributed by atoms with Gasteiger partial charge in [0, 0.05) is 23.5 Å². The van der Waals surface area contributed by atoms with Crippen LogP contribution in [0.2, 0.25) is 0 Å². The largest absolute Gasteiger partial charge is 0.480 e. The molecule has 1 heterocycles. The summed E-state index contributed by atoms with van der Waals surface area (Å²) in [5.41, 5.74) is 24.7. The van der Waals surface area contributed by atoms with E-state index in [-0.39, 0.29) is 68.6 Å². The molecule has 2 rings (SSSR count). The minimum Gasteiger partial charge on any atom is -0.480 e. The van der Waals surface area contributed by atoms with Crippen molar-refractivity contribution in [1.29, 1.82) is 0 Å². The lowest BCUT2D eigenvalue weighted by molar-refractivity contribution is -0.142. The van der Waals surface area contributed by atoms with Gasteiger partial charge in [0.25, 0.3) is 0 Å². The number of nitrogens with two attached hydrogens (primary N) is 4. The highest BCUT2D eigenvalue weighted by atomic mass is 16.4. The number of amides is 7. The van der Waals surface area contributed by atoms with Crippen LogP contribution in [0.4, 0.5) is 0 Å². The lowest BCUT2D eigenvalue weighted by Gasteiger charge is -2.29. The van der Waals surface area contributed by atoms with Crippen LogP contribution >= 0.6 is 0 Å². The van der Waals surface area contributed by atoms with Crippen molar-refractivity contribution in [1.82, 2.24) is 42.2 Å². The fourth-order valence-electron chi connectivity index (χ4n) is 8.61. The van der Waals surface area contributed by atoms with Crippen LogP contribution in [-0.4, -0.2) is 125 Å². The van der Waals surface area contributed by atoms with Crippen LogP contribution in [-0.2, 0) is 44.8 Å². The Balaban J connectivity index is 2.53. The van der Waals surface area contributed by atoms with Crippen molar-refractivity contribution in [3.8, 4) is 0 Å². The fraction of sp³-hybridized carbons (Fsp3) is 0.698. The number of hydrogen-bond donors (Lipinski definition) is 13. The van der Waals surface area contributed by atoms with Crippen molar-refractivity contribution in [3.05, 3.63) is 36.0 Å². The van der Waals surface area contributed by atoms with Gasteiger partial charge in [-0.15, -0.1) is 0 Å². The van der Waals surface area contributed by atoms with Gasteiger partial charge in [-0.1, -0.05) is 80.0 Å². The summed E-state index contributed by atoms with van der Waals surface area (Å²) in [7, 11) is 0. The average Bonchev–Trinajstić information content (AvgIpc) is 3.73. The minimum absolute atomic E-state index is 0.0134. The van der Waals surface area contributed by atoms with E-state index in [1.165, 1.54) is 0 Å². The van der Waals surface area contributed by atoms with E-state index in [2.05, 4.69) is 42.2 Å². The Morgan fingerprint density at radius 2 is 0.797 bits per heavy atom. The van der Waals surface area contributed by atoms with E-state index < -0.39 is 95.7 Å². The van der Waals surface area contributed by atoms with E-state index in [0.717, 1.165) is 10.9 Å². The first-order valence-electron chi connectivity index (χ1n) is 26.8. The molecule has 21 nitrogen and oxygen atoms in total. The second-order valence-corrected chi connectivity index (χ2v) is 21.3. The van der Waals surface area contributed by atoms with Crippen LogP contribution < -0.4 is 60.2 Å². The van der Waals surface area contributed by atoms with Gasteiger partial charge >= 0.3 is 5.97 Å². The maximum atomic E-state index is 14.7. The molecular formula is C53H92N12O9. The number of carboxylic acids is 1. The van der Waals surface area contributed by atoms with Crippen molar-refractivity contribution in [2.75, 3.05) is 19.6 Å². The topological polar surface area (TPSA) is 361 Å². The molecule has 0 unspecified atom stereocenters. The van der Waals surface area contributed by atoms with Crippen molar-refractivity contribution in [2.24, 2.45) is 46.6 Å². The second kappa shape index (κ2) is 34.0. The van der Waals surface area contributed by atoms with Crippen LogP contribution in [0, 0.1) is 23.7 Å². The number of unbranched alkanes of at least 4 members (excludes halogenated alkanes) is 3. The monoisotopic (exact) mass is 1040 g/mol. The molecule has 0 spiro atoms. The molecule has 0 aliphatic carbocycles. The number of rotatable bonds is 37. The van der Waals surface area contributed by atoms with E-state index in [4.69, 9.17) is 22.9 Å². The molecule has 1 aromatic heterocycles. The third kappa shape index (κ3) is 23.7. The number of aliphatic carboxylic acids is 1. The predicted octanol–water partition coefficient (Wildman–Crippen LogP) is 2.09. The fourth-order valence-corrected chi connectivity index (χ4v) is 8.61. The number of carboxylic acid groups (broad SMARTS) is 1. The number of aromatic nitrogens is 1. The van der Waals surface area contributed by atoms with Gasteiger partial charge in [-0.05, 0) is 132 Å². The summed E-state index contributed by atoms with van der Waals surface area (Å²) in [6, 6.07) is -1.58. The van der Waals surface area contributed by atoms with Crippen molar-refractivity contribution in [3.63, 3.8) is 0 Å². The molecule has 17 N–H and O–H groups in total. The zero-order chi connectivity index (χ0) is 55.5. The second-order valence-electron chi connectivity index (χ2n) is 21.3. The van der Waals surface area contributed by atoms with Crippen molar-refractivity contribution in [2.45, 2.75) is 194 Å². The summed E-state index contributed by atoms with van der Waals surface area (Å²) in [4.78, 5) is 114. The van der Waals surface area contributed by atoms with Crippen LogP contribution in [0.3, 0.4) is 0 Å². The molecular weight excluding hydrogens is 949 g/mol. The van der Waals surface area contributed by atoms with E-state index in [1.54, 1.807) is 6.20 Å². The molecule has 2 aromatic rings. The molecule has 74 heavy (non-hydrogen) atoms. The number of carbonyl (C=O) groups excluding carboxylic acids is 7. The summed E-state index contributed by atoms with van der Waals surface area (Å²) in [5, 5.41) is 30.2. The molecule has 0 fully saturated rings. The highest BCUT2D eigenvalue weighted by Crippen LogP contribution is 2.20. The lowest BCUT2D eigenvalue weighted by Crippen LogP contribution is -2.60. The van der Waals surface area contributed by atoms with Crippen LogP contribution in [0.5, 0.6) is 0 Å². The predicted molar refractivity (Wildman–Crippen MR) is 288 cm³/mol. The number of fused-ring (bicyclic) bond motifs is 1. The lowest BCUT2D eigenvalue weighted by atomic mass is 9.98. The molecule has 1 aromatic carbocycles. The number of benzene rings is 1. The summed E-state index contributed by atoms with van der Waals surface area (Å²) in [6.45, 7) is 16.1. The molecule has 0 aliphatic heterocycles. The van der Waals surface area contributed by atoms with Crippen molar-refractivity contribution < 1.29 is 43.5 Å². The first kappa shape index (κ1) is 64.5. The van der Waals surface area contributed by atoms with Crippen LogP contribution in [0.25, 0.3) is 10.9 Å². The molecule has 0 aliphatic rings. The summed E-state index contributed by atoms with van der Waals surface area (Å²) in [6.07, 6.45) is 6.45. The zero-order valence-corrected chi connectivity index (χ0v) is 45.4. The highest BCUT2D eigenvalue weighted by Gasteiger charge is 2.35. The number of carbonyl (C=O) groups is 8. The Morgan fingerprint density at radius 3 is 1.22 bits per heavy atom. The van der Waals surface area contributed by atoms with Gasteiger partial charge in [-0.25, -0.2) is 4.79 Å². The van der Waals surface area contributed by atoms with Gasteiger partial charge in [0.05, 0.1) is 6.04 Å². The summed E-state index contributed by atoms with van der Waals surface area (Å²) >= 11 is 0. The maximum absolute atomic E-state index is 14.7. The highest BCUT2D eigenvalue weighted by molar-refractivity contribution is 5.98. The average molecular weight is 1040 g/mol.